The predicted molar refractivity (Wildman–Crippen MR) is 129 cm³/mol. The van der Waals surface area contributed by atoms with Crippen molar-refractivity contribution in [2.45, 2.75) is 31.7 Å². The van der Waals surface area contributed by atoms with E-state index in [0.717, 1.165) is 23.2 Å². The molecule has 1 fully saturated rings. The Morgan fingerprint density at radius 3 is 2.36 bits per heavy atom. The number of para-hydroxylation sites is 1. The zero-order chi connectivity index (χ0) is 23.4. The van der Waals surface area contributed by atoms with E-state index in [1.54, 1.807) is 12.1 Å². The molecule has 0 bridgehead atoms. The number of nitrogens with zero attached hydrogens (tertiary/aromatic N) is 5. The van der Waals surface area contributed by atoms with E-state index in [2.05, 4.69) is 38.2 Å². The third-order valence-electron chi connectivity index (χ3n) is 5.70. The Morgan fingerprint density at radius 2 is 1.67 bits per heavy atom. The van der Waals surface area contributed by atoms with Crippen LogP contribution in [0.15, 0.2) is 53.4 Å². The minimum absolute atomic E-state index is 0.150. The van der Waals surface area contributed by atoms with Crippen molar-refractivity contribution in [2.24, 2.45) is 0 Å². The SMILES string of the molecule is CCc1ccccc1Nc1nc(N)nc(CN2CCN(S(=O)(=O)c3ccc(C)cc3)CC2)n1. The molecular weight excluding hydrogens is 438 g/mol. The smallest absolute Gasteiger partial charge is 0.243 e. The third-order valence-corrected chi connectivity index (χ3v) is 7.61. The number of rotatable bonds is 7. The molecule has 0 saturated carbocycles. The second-order valence-corrected chi connectivity index (χ2v) is 10.0. The number of benzene rings is 2. The van der Waals surface area contributed by atoms with E-state index in [9.17, 15) is 8.42 Å². The summed E-state index contributed by atoms with van der Waals surface area (Å²) >= 11 is 0. The fourth-order valence-corrected chi connectivity index (χ4v) is 5.25. The number of sulfonamides is 1. The van der Waals surface area contributed by atoms with Crippen molar-refractivity contribution < 1.29 is 8.42 Å². The van der Waals surface area contributed by atoms with Gasteiger partial charge in [-0.05, 0) is 37.1 Å². The molecule has 3 N–H and O–H groups in total. The van der Waals surface area contributed by atoms with Gasteiger partial charge in [0.2, 0.25) is 21.9 Å². The van der Waals surface area contributed by atoms with Crippen LogP contribution in [-0.2, 0) is 23.0 Å². The molecule has 0 spiro atoms. The Kier molecular flexibility index (Phi) is 6.87. The van der Waals surface area contributed by atoms with Gasteiger partial charge >= 0.3 is 0 Å². The quantitative estimate of drug-likeness (QED) is 0.544. The number of piperazine rings is 1. The molecule has 9 nitrogen and oxygen atoms in total. The summed E-state index contributed by atoms with van der Waals surface area (Å²) < 4.78 is 27.4. The number of nitrogens with one attached hydrogen (secondary N) is 1. The molecule has 2 aromatic carbocycles. The molecular formula is C23H29N7O2S. The molecule has 1 aliphatic heterocycles. The van der Waals surface area contributed by atoms with Gasteiger partial charge in [0.25, 0.3) is 0 Å². The average molecular weight is 468 g/mol. The minimum atomic E-state index is -3.49. The van der Waals surface area contributed by atoms with Gasteiger partial charge in [0, 0.05) is 31.9 Å². The first-order valence-electron chi connectivity index (χ1n) is 11.0. The number of anilines is 3. The van der Waals surface area contributed by atoms with Crippen LogP contribution >= 0.6 is 0 Å². The standard InChI is InChI=1S/C23H29N7O2S/c1-3-18-6-4-5-7-20(18)25-23-27-21(26-22(24)28-23)16-29-12-14-30(15-13-29)33(31,32)19-10-8-17(2)9-11-19/h4-11H,3,12-16H2,1-2H3,(H3,24,25,26,27,28). The van der Waals surface area contributed by atoms with Gasteiger partial charge in [-0.3, -0.25) is 4.90 Å². The van der Waals surface area contributed by atoms with Crippen molar-refractivity contribution in [3.63, 3.8) is 0 Å². The molecule has 33 heavy (non-hydrogen) atoms. The highest BCUT2D eigenvalue weighted by molar-refractivity contribution is 7.89. The van der Waals surface area contributed by atoms with Crippen molar-refractivity contribution in [3.05, 3.63) is 65.5 Å². The highest BCUT2D eigenvalue weighted by atomic mass is 32.2. The Hall–Kier alpha value is -3.08. The topological polar surface area (TPSA) is 117 Å². The number of aromatic nitrogens is 3. The van der Waals surface area contributed by atoms with Gasteiger partial charge in [0.05, 0.1) is 11.4 Å². The van der Waals surface area contributed by atoms with Gasteiger partial charge in [0.15, 0.2) is 0 Å². The summed E-state index contributed by atoms with van der Waals surface area (Å²) in [7, 11) is -3.49. The molecule has 1 saturated heterocycles. The lowest BCUT2D eigenvalue weighted by atomic mass is 10.1. The summed E-state index contributed by atoms with van der Waals surface area (Å²) in [6.07, 6.45) is 0.881. The number of hydrogen-bond acceptors (Lipinski definition) is 8. The second kappa shape index (κ2) is 9.82. The molecule has 1 aliphatic rings. The highest BCUT2D eigenvalue weighted by Crippen LogP contribution is 2.21. The summed E-state index contributed by atoms with van der Waals surface area (Å²) in [4.78, 5) is 15.5. The van der Waals surface area contributed by atoms with Crippen LogP contribution in [0, 0.1) is 6.92 Å². The molecule has 4 rings (SSSR count). The van der Waals surface area contributed by atoms with Crippen LogP contribution in [0.2, 0.25) is 0 Å². The number of hydrogen-bond donors (Lipinski definition) is 2. The van der Waals surface area contributed by atoms with Crippen molar-refractivity contribution in [2.75, 3.05) is 37.2 Å². The van der Waals surface area contributed by atoms with Crippen molar-refractivity contribution >= 4 is 27.6 Å². The fraction of sp³-hybridized carbons (Fsp3) is 0.348. The van der Waals surface area contributed by atoms with Gasteiger partial charge in [-0.2, -0.15) is 19.3 Å². The van der Waals surface area contributed by atoms with Crippen molar-refractivity contribution in [3.8, 4) is 0 Å². The van der Waals surface area contributed by atoms with Crippen LogP contribution in [0.25, 0.3) is 0 Å². The average Bonchev–Trinajstić information content (AvgIpc) is 2.80. The number of nitrogen functional groups attached to an aromatic ring is 1. The van der Waals surface area contributed by atoms with Gasteiger partial charge in [0.1, 0.15) is 5.82 Å². The zero-order valence-electron chi connectivity index (χ0n) is 18.9. The summed E-state index contributed by atoms with van der Waals surface area (Å²) in [5.74, 6) is 1.10. The highest BCUT2D eigenvalue weighted by Gasteiger charge is 2.28. The lowest BCUT2D eigenvalue weighted by Gasteiger charge is -2.33. The Labute approximate surface area is 194 Å². The summed E-state index contributed by atoms with van der Waals surface area (Å²) in [5.41, 5.74) is 9.06. The number of aryl methyl sites for hydroxylation is 2. The first-order chi connectivity index (χ1) is 15.8. The normalized spacial score (nSPS) is 15.5. The van der Waals surface area contributed by atoms with E-state index >= 15 is 0 Å². The Morgan fingerprint density at radius 1 is 0.970 bits per heavy atom. The molecule has 0 aliphatic carbocycles. The van der Waals surface area contributed by atoms with Gasteiger partial charge in [-0.15, -0.1) is 0 Å². The molecule has 1 aromatic heterocycles. The van der Waals surface area contributed by atoms with E-state index in [0.29, 0.717) is 49.4 Å². The lowest BCUT2D eigenvalue weighted by molar-refractivity contribution is 0.178. The van der Waals surface area contributed by atoms with Crippen molar-refractivity contribution in [1.82, 2.24) is 24.2 Å². The van der Waals surface area contributed by atoms with E-state index in [4.69, 9.17) is 5.73 Å². The van der Waals surface area contributed by atoms with Crippen LogP contribution in [0.5, 0.6) is 0 Å². The minimum Gasteiger partial charge on any atom is -0.368 e. The molecule has 10 heteroatoms. The fourth-order valence-electron chi connectivity index (χ4n) is 3.82. The maximum Gasteiger partial charge on any atom is 0.243 e. The van der Waals surface area contributed by atoms with E-state index in [1.165, 1.54) is 4.31 Å². The second-order valence-electron chi connectivity index (χ2n) is 8.06. The monoisotopic (exact) mass is 467 g/mol. The lowest BCUT2D eigenvalue weighted by Crippen LogP contribution is -2.48. The molecule has 0 amide bonds. The van der Waals surface area contributed by atoms with Crippen LogP contribution < -0.4 is 11.1 Å². The van der Waals surface area contributed by atoms with Crippen molar-refractivity contribution in [1.29, 1.82) is 0 Å². The maximum atomic E-state index is 12.9. The third kappa shape index (κ3) is 5.47. The summed E-state index contributed by atoms with van der Waals surface area (Å²) in [6.45, 7) is 6.47. The molecule has 3 aromatic rings. The van der Waals surface area contributed by atoms with Crippen LogP contribution in [0.4, 0.5) is 17.6 Å². The van der Waals surface area contributed by atoms with E-state index in [-0.39, 0.29) is 5.95 Å². The molecule has 0 unspecified atom stereocenters. The Balaban J connectivity index is 1.41. The first-order valence-corrected chi connectivity index (χ1v) is 12.4. The predicted octanol–water partition coefficient (Wildman–Crippen LogP) is 2.57. The van der Waals surface area contributed by atoms with Crippen LogP contribution in [0.3, 0.4) is 0 Å². The molecule has 174 valence electrons. The summed E-state index contributed by atoms with van der Waals surface area (Å²) in [5, 5.41) is 3.24. The van der Waals surface area contributed by atoms with Gasteiger partial charge in [-0.1, -0.05) is 42.8 Å². The van der Waals surface area contributed by atoms with Gasteiger partial charge in [-0.25, -0.2) is 8.42 Å². The maximum absolute atomic E-state index is 12.9. The largest absolute Gasteiger partial charge is 0.368 e. The van der Waals surface area contributed by atoms with Gasteiger partial charge < -0.3 is 11.1 Å². The van der Waals surface area contributed by atoms with E-state index in [1.807, 2.05) is 37.3 Å². The van der Waals surface area contributed by atoms with E-state index < -0.39 is 10.0 Å². The Bertz CT molecular complexity index is 1210. The molecule has 2 heterocycles. The van der Waals surface area contributed by atoms with Crippen LogP contribution in [0.1, 0.15) is 23.9 Å². The summed E-state index contributed by atoms with van der Waals surface area (Å²) in [6, 6.07) is 14.9. The molecule has 0 radical (unpaired) electrons. The number of nitrogens with two attached hydrogens (primary N) is 1. The first kappa shape index (κ1) is 23.1. The molecule has 0 atom stereocenters. The van der Waals surface area contributed by atoms with Crippen LogP contribution in [-0.4, -0.2) is 58.8 Å². The zero-order valence-corrected chi connectivity index (χ0v) is 19.7.